The molecule has 1 aromatic carbocycles. The first-order chi connectivity index (χ1) is 11.6. The lowest BCUT2D eigenvalue weighted by molar-refractivity contribution is 0.0788. The number of nitrogens with zero attached hydrogens (tertiary/aromatic N) is 2. The minimum absolute atomic E-state index is 0.135. The number of carbonyl (C=O) groups excluding carboxylic acids is 1. The predicted molar refractivity (Wildman–Crippen MR) is 99.2 cm³/mol. The van der Waals surface area contributed by atoms with Gasteiger partial charge in [-0.05, 0) is 62.4 Å². The van der Waals surface area contributed by atoms with Gasteiger partial charge in [0.2, 0.25) is 0 Å². The standard InChI is InChI=1S/C19H22BrN3O/c1-11-17(19(24)23-7-6-12(9-21)10-23)15-8-14(20)4-5-16(15)22-18(11)13-2-3-13/h4-5,8,12-13H,2-3,6-7,9-10,21H2,1H3/t12-/m0/s1. The van der Waals surface area contributed by atoms with Crippen LogP contribution < -0.4 is 5.73 Å². The van der Waals surface area contributed by atoms with Crippen LogP contribution in [-0.4, -0.2) is 35.4 Å². The van der Waals surface area contributed by atoms with Crippen LogP contribution in [-0.2, 0) is 0 Å². The van der Waals surface area contributed by atoms with Gasteiger partial charge < -0.3 is 10.6 Å². The van der Waals surface area contributed by atoms with Crippen LogP contribution in [0.4, 0.5) is 0 Å². The van der Waals surface area contributed by atoms with Crippen molar-refractivity contribution in [1.82, 2.24) is 9.88 Å². The molecule has 4 rings (SSSR count). The number of rotatable bonds is 3. The molecule has 2 aromatic rings. The smallest absolute Gasteiger partial charge is 0.254 e. The maximum Gasteiger partial charge on any atom is 0.254 e. The Balaban J connectivity index is 1.84. The average molecular weight is 388 g/mol. The zero-order valence-corrected chi connectivity index (χ0v) is 15.5. The number of likely N-dealkylation sites (tertiary alicyclic amines) is 1. The van der Waals surface area contributed by atoms with Crippen molar-refractivity contribution in [3.63, 3.8) is 0 Å². The van der Waals surface area contributed by atoms with Gasteiger partial charge in [0.15, 0.2) is 0 Å². The highest BCUT2D eigenvalue weighted by Gasteiger charge is 2.32. The molecule has 1 amide bonds. The lowest BCUT2D eigenvalue weighted by Gasteiger charge is -2.20. The highest BCUT2D eigenvalue weighted by Crippen LogP contribution is 2.42. The van der Waals surface area contributed by atoms with Gasteiger partial charge in [-0.2, -0.15) is 0 Å². The summed E-state index contributed by atoms with van der Waals surface area (Å²) >= 11 is 3.54. The maximum atomic E-state index is 13.3. The minimum Gasteiger partial charge on any atom is -0.338 e. The Hall–Kier alpha value is -1.46. The van der Waals surface area contributed by atoms with Crippen LogP contribution in [0.5, 0.6) is 0 Å². The largest absolute Gasteiger partial charge is 0.338 e. The van der Waals surface area contributed by atoms with Crippen molar-refractivity contribution in [3.8, 4) is 0 Å². The summed E-state index contributed by atoms with van der Waals surface area (Å²) in [6.45, 7) is 4.28. The SMILES string of the molecule is Cc1c(C2CC2)nc2ccc(Br)cc2c1C(=O)N1CC[C@@H](CN)C1. The first-order valence-electron chi connectivity index (χ1n) is 8.67. The number of aromatic nitrogens is 1. The van der Waals surface area contributed by atoms with Crippen LogP contribution in [0.2, 0.25) is 0 Å². The lowest BCUT2D eigenvalue weighted by atomic mass is 9.98. The van der Waals surface area contributed by atoms with Crippen LogP contribution in [0, 0.1) is 12.8 Å². The maximum absolute atomic E-state index is 13.3. The molecule has 5 heteroatoms. The summed E-state index contributed by atoms with van der Waals surface area (Å²) in [5, 5.41) is 0.951. The summed E-state index contributed by atoms with van der Waals surface area (Å²) in [5.74, 6) is 1.09. The van der Waals surface area contributed by atoms with E-state index in [2.05, 4.69) is 22.9 Å². The first kappa shape index (κ1) is 16.0. The van der Waals surface area contributed by atoms with E-state index in [-0.39, 0.29) is 5.91 Å². The molecule has 1 aromatic heterocycles. The fraction of sp³-hybridized carbons (Fsp3) is 0.474. The molecular weight excluding hydrogens is 366 g/mol. The van der Waals surface area contributed by atoms with Gasteiger partial charge in [0.25, 0.3) is 5.91 Å². The number of fused-ring (bicyclic) bond motifs is 1. The molecule has 1 aliphatic carbocycles. The van der Waals surface area contributed by atoms with Gasteiger partial charge in [-0.25, -0.2) is 0 Å². The van der Waals surface area contributed by atoms with E-state index >= 15 is 0 Å². The molecule has 0 spiro atoms. The van der Waals surface area contributed by atoms with Gasteiger partial charge in [-0.3, -0.25) is 9.78 Å². The molecule has 2 fully saturated rings. The predicted octanol–water partition coefficient (Wildman–Crippen LogP) is 3.60. The van der Waals surface area contributed by atoms with E-state index < -0.39 is 0 Å². The number of amides is 1. The Morgan fingerprint density at radius 2 is 2.17 bits per heavy atom. The molecule has 0 unspecified atom stereocenters. The van der Waals surface area contributed by atoms with Crippen LogP contribution in [0.15, 0.2) is 22.7 Å². The fourth-order valence-corrected chi connectivity index (χ4v) is 4.11. The van der Waals surface area contributed by atoms with Gasteiger partial charge in [0.1, 0.15) is 0 Å². The molecular formula is C19H22BrN3O. The Kier molecular flexibility index (Phi) is 4.09. The van der Waals surface area contributed by atoms with E-state index in [0.29, 0.717) is 18.4 Å². The van der Waals surface area contributed by atoms with Gasteiger partial charge in [0.05, 0.1) is 11.1 Å². The molecule has 2 heterocycles. The molecule has 2 aliphatic rings. The molecule has 0 radical (unpaired) electrons. The number of halogens is 1. The quantitative estimate of drug-likeness (QED) is 0.874. The van der Waals surface area contributed by atoms with Gasteiger partial charge in [0, 0.05) is 34.6 Å². The third kappa shape index (κ3) is 2.74. The summed E-state index contributed by atoms with van der Waals surface area (Å²) < 4.78 is 0.977. The third-order valence-electron chi connectivity index (χ3n) is 5.31. The van der Waals surface area contributed by atoms with Crippen LogP contribution in [0.25, 0.3) is 10.9 Å². The summed E-state index contributed by atoms with van der Waals surface area (Å²) in [6.07, 6.45) is 3.37. The molecule has 126 valence electrons. The summed E-state index contributed by atoms with van der Waals surface area (Å²) in [6, 6.07) is 6.03. The second-order valence-electron chi connectivity index (χ2n) is 7.07. The molecule has 24 heavy (non-hydrogen) atoms. The second kappa shape index (κ2) is 6.12. The molecule has 2 N–H and O–H groups in total. The van der Waals surface area contributed by atoms with Crippen LogP contribution in [0.3, 0.4) is 0 Å². The molecule has 1 atom stereocenters. The van der Waals surface area contributed by atoms with Crippen molar-refractivity contribution in [2.75, 3.05) is 19.6 Å². The molecule has 1 saturated carbocycles. The number of nitrogens with two attached hydrogens (primary N) is 1. The number of carbonyl (C=O) groups is 1. The highest BCUT2D eigenvalue weighted by molar-refractivity contribution is 9.10. The Morgan fingerprint density at radius 1 is 1.38 bits per heavy atom. The zero-order chi connectivity index (χ0) is 16.8. The second-order valence-corrected chi connectivity index (χ2v) is 7.99. The monoisotopic (exact) mass is 387 g/mol. The van der Waals surface area contributed by atoms with E-state index in [1.807, 2.05) is 23.1 Å². The van der Waals surface area contributed by atoms with Crippen molar-refractivity contribution in [3.05, 3.63) is 39.5 Å². The molecule has 4 nitrogen and oxygen atoms in total. The zero-order valence-electron chi connectivity index (χ0n) is 13.9. The van der Waals surface area contributed by atoms with Crippen LogP contribution in [0.1, 0.15) is 46.8 Å². The van der Waals surface area contributed by atoms with Crippen molar-refractivity contribution >= 4 is 32.7 Å². The van der Waals surface area contributed by atoms with E-state index in [9.17, 15) is 4.79 Å². The Labute approximate surface area is 150 Å². The third-order valence-corrected chi connectivity index (χ3v) is 5.81. The normalized spacial score (nSPS) is 20.8. The summed E-state index contributed by atoms with van der Waals surface area (Å²) in [4.78, 5) is 20.1. The Bertz CT molecular complexity index is 816. The van der Waals surface area contributed by atoms with E-state index in [0.717, 1.165) is 51.7 Å². The van der Waals surface area contributed by atoms with Gasteiger partial charge >= 0.3 is 0 Å². The lowest BCUT2D eigenvalue weighted by Crippen LogP contribution is -2.31. The van der Waals surface area contributed by atoms with Gasteiger partial charge in [-0.1, -0.05) is 15.9 Å². The molecule has 0 bridgehead atoms. The van der Waals surface area contributed by atoms with E-state index in [1.54, 1.807) is 0 Å². The highest BCUT2D eigenvalue weighted by atomic mass is 79.9. The topological polar surface area (TPSA) is 59.2 Å². The summed E-state index contributed by atoms with van der Waals surface area (Å²) in [5.41, 5.74) is 9.72. The van der Waals surface area contributed by atoms with E-state index in [4.69, 9.17) is 10.7 Å². The van der Waals surface area contributed by atoms with Crippen molar-refractivity contribution in [1.29, 1.82) is 0 Å². The first-order valence-corrected chi connectivity index (χ1v) is 9.47. The molecule has 1 aliphatic heterocycles. The average Bonchev–Trinajstić information content (AvgIpc) is 3.30. The minimum atomic E-state index is 0.135. The van der Waals surface area contributed by atoms with Crippen molar-refractivity contribution in [2.24, 2.45) is 11.7 Å². The number of benzene rings is 1. The number of hydrogen-bond acceptors (Lipinski definition) is 3. The molecule has 1 saturated heterocycles. The number of hydrogen-bond donors (Lipinski definition) is 1. The van der Waals surface area contributed by atoms with Gasteiger partial charge in [-0.15, -0.1) is 0 Å². The number of pyridine rings is 1. The Morgan fingerprint density at radius 3 is 2.83 bits per heavy atom. The summed E-state index contributed by atoms with van der Waals surface area (Å²) in [7, 11) is 0. The fourth-order valence-electron chi connectivity index (χ4n) is 3.75. The van der Waals surface area contributed by atoms with Crippen LogP contribution >= 0.6 is 15.9 Å². The van der Waals surface area contributed by atoms with Crippen molar-refractivity contribution < 1.29 is 4.79 Å². The van der Waals surface area contributed by atoms with E-state index in [1.165, 1.54) is 12.8 Å². The van der Waals surface area contributed by atoms with Crippen molar-refractivity contribution in [2.45, 2.75) is 32.1 Å².